The van der Waals surface area contributed by atoms with Gasteiger partial charge in [0, 0.05) is 12.6 Å². The minimum Gasteiger partial charge on any atom is -0.482 e. The van der Waals surface area contributed by atoms with Crippen LogP contribution in [0, 0.1) is 17.0 Å². The van der Waals surface area contributed by atoms with Crippen LogP contribution in [-0.4, -0.2) is 24.1 Å². The lowest BCUT2D eigenvalue weighted by atomic mass is 10.1. The number of ether oxygens (including phenoxy) is 1. The summed E-state index contributed by atoms with van der Waals surface area (Å²) < 4.78 is 5.70. The van der Waals surface area contributed by atoms with Crippen LogP contribution in [0.3, 0.4) is 0 Å². The van der Waals surface area contributed by atoms with E-state index in [9.17, 15) is 10.1 Å². The maximum Gasteiger partial charge on any atom is 0.311 e. The number of piperidine rings is 1. The van der Waals surface area contributed by atoms with Crippen LogP contribution in [0.1, 0.15) is 18.4 Å². The zero-order valence-corrected chi connectivity index (χ0v) is 9.81. The Bertz CT molecular complexity index is 414. The standard InChI is InChI=1S/C12H16N2O3/c1-9-4-5-12(11(7-9)14(15)16)17-10-3-2-6-13-8-10/h4-5,7,10,13H,2-3,6,8H2,1H3. The van der Waals surface area contributed by atoms with Crippen molar-refractivity contribution in [3.63, 3.8) is 0 Å². The molecule has 17 heavy (non-hydrogen) atoms. The second-order valence-corrected chi connectivity index (χ2v) is 4.31. The van der Waals surface area contributed by atoms with Gasteiger partial charge in [-0.3, -0.25) is 10.1 Å². The lowest BCUT2D eigenvalue weighted by molar-refractivity contribution is -0.386. The van der Waals surface area contributed by atoms with Crippen molar-refractivity contribution in [1.29, 1.82) is 0 Å². The summed E-state index contributed by atoms with van der Waals surface area (Å²) in [6.07, 6.45) is 2.02. The van der Waals surface area contributed by atoms with Gasteiger partial charge >= 0.3 is 5.69 Å². The van der Waals surface area contributed by atoms with Gasteiger partial charge in [-0.25, -0.2) is 0 Å². The van der Waals surface area contributed by atoms with Gasteiger partial charge in [-0.05, 0) is 37.9 Å². The third-order valence-electron chi connectivity index (χ3n) is 2.86. The molecular formula is C12H16N2O3. The predicted octanol–water partition coefficient (Wildman–Crippen LogP) is 2.03. The highest BCUT2D eigenvalue weighted by molar-refractivity contribution is 5.48. The van der Waals surface area contributed by atoms with Gasteiger partial charge in [0.1, 0.15) is 6.10 Å². The van der Waals surface area contributed by atoms with Gasteiger partial charge in [0.2, 0.25) is 0 Å². The van der Waals surface area contributed by atoms with Crippen LogP contribution in [-0.2, 0) is 0 Å². The smallest absolute Gasteiger partial charge is 0.311 e. The van der Waals surface area contributed by atoms with Gasteiger partial charge in [-0.2, -0.15) is 0 Å². The lowest BCUT2D eigenvalue weighted by Crippen LogP contribution is -2.37. The average molecular weight is 236 g/mol. The molecule has 1 N–H and O–H groups in total. The zero-order valence-electron chi connectivity index (χ0n) is 9.81. The van der Waals surface area contributed by atoms with E-state index in [2.05, 4.69) is 5.32 Å². The lowest BCUT2D eigenvalue weighted by Gasteiger charge is -2.23. The Morgan fingerprint density at radius 1 is 1.53 bits per heavy atom. The molecule has 0 bridgehead atoms. The number of nitro benzene ring substituents is 1. The van der Waals surface area contributed by atoms with Crippen molar-refractivity contribution >= 4 is 5.69 Å². The van der Waals surface area contributed by atoms with Crippen molar-refractivity contribution < 1.29 is 9.66 Å². The molecular weight excluding hydrogens is 220 g/mol. The molecule has 1 heterocycles. The Labute approximate surface area is 99.9 Å². The SMILES string of the molecule is Cc1ccc(OC2CCCNC2)c([N+](=O)[O-])c1. The number of rotatable bonds is 3. The molecule has 2 rings (SSSR count). The number of benzene rings is 1. The van der Waals surface area contributed by atoms with Gasteiger partial charge in [0.05, 0.1) is 4.92 Å². The van der Waals surface area contributed by atoms with E-state index in [1.54, 1.807) is 12.1 Å². The van der Waals surface area contributed by atoms with Crippen molar-refractivity contribution in [1.82, 2.24) is 5.32 Å². The van der Waals surface area contributed by atoms with E-state index in [1.807, 2.05) is 13.0 Å². The van der Waals surface area contributed by atoms with Crippen LogP contribution in [0.15, 0.2) is 18.2 Å². The molecule has 0 spiro atoms. The molecule has 92 valence electrons. The summed E-state index contributed by atoms with van der Waals surface area (Å²) in [4.78, 5) is 10.5. The average Bonchev–Trinajstić information content (AvgIpc) is 2.32. The van der Waals surface area contributed by atoms with E-state index in [-0.39, 0.29) is 11.8 Å². The van der Waals surface area contributed by atoms with Crippen molar-refractivity contribution in [3.8, 4) is 5.75 Å². The summed E-state index contributed by atoms with van der Waals surface area (Å²) >= 11 is 0. The van der Waals surface area contributed by atoms with Crippen LogP contribution in [0.2, 0.25) is 0 Å². The summed E-state index contributed by atoms with van der Waals surface area (Å²) in [5, 5.41) is 14.1. The molecule has 1 unspecified atom stereocenters. The fourth-order valence-electron chi connectivity index (χ4n) is 1.97. The summed E-state index contributed by atoms with van der Waals surface area (Å²) in [6, 6.07) is 5.06. The Hall–Kier alpha value is -1.62. The second kappa shape index (κ2) is 5.14. The van der Waals surface area contributed by atoms with Crippen molar-refractivity contribution in [2.24, 2.45) is 0 Å². The molecule has 1 aromatic carbocycles. The summed E-state index contributed by atoms with van der Waals surface area (Å²) in [6.45, 7) is 3.58. The third-order valence-corrected chi connectivity index (χ3v) is 2.86. The van der Waals surface area contributed by atoms with Crippen LogP contribution >= 0.6 is 0 Å². The molecule has 1 fully saturated rings. The maximum absolute atomic E-state index is 10.9. The van der Waals surface area contributed by atoms with Crippen molar-refractivity contribution in [3.05, 3.63) is 33.9 Å². The van der Waals surface area contributed by atoms with Crippen LogP contribution < -0.4 is 10.1 Å². The summed E-state index contributed by atoms with van der Waals surface area (Å²) in [7, 11) is 0. The number of hydrogen-bond acceptors (Lipinski definition) is 4. The fourth-order valence-corrected chi connectivity index (χ4v) is 1.97. The van der Waals surface area contributed by atoms with Gasteiger partial charge in [0.15, 0.2) is 5.75 Å². The van der Waals surface area contributed by atoms with E-state index < -0.39 is 4.92 Å². The van der Waals surface area contributed by atoms with Gasteiger partial charge in [-0.1, -0.05) is 6.07 Å². The minimum atomic E-state index is -0.390. The Balaban J connectivity index is 2.16. The Morgan fingerprint density at radius 2 is 2.35 bits per heavy atom. The number of aryl methyl sites for hydroxylation is 1. The van der Waals surface area contributed by atoms with E-state index >= 15 is 0 Å². The Morgan fingerprint density at radius 3 is 3.00 bits per heavy atom. The van der Waals surface area contributed by atoms with Gasteiger partial charge in [-0.15, -0.1) is 0 Å². The van der Waals surface area contributed by atoms with Crippen molar-refractivity contribution in [2.75, 3.05) is 13.1 Å². The van der Waals surface area contributed by atoms with Gasteiger partial charge < -0.3 is 10.1 Å². The molecule has 1 saturated heterocycles. The number of nitrogens with zero attached hydrogens (tertiary/aromatic N) is 1. The monoisotopic (exact) mass is 236 g/mol. The molecule has 0 radical (unpaired) electrons. The van der Waals surface area contributed by atoms with E-state index in [0.717, 1.165) is 31.5 Å². The molecule has 0 aliphatic carbocycles. The Kier molecular flexibility index (Phi) is 3.58. The highest BCUT2D eigenvalue weighted by Crippen LogP contribution is 2.29. The maximum atomic E-state index is 10.9. The summed E-state index contributed by atoms with van der Waals surface area (Å²) in [5.41, 5.74) is 0.918. The minimum absolute atomic E-state index is 0.0326. The van der Waals surface area contributed by atoms with Gasteiger partial charge in [0.25, 0.3) is 0 Å². The van der Waals surface area contributed by atoms with Crippen LogP contribution in [0.5, 0.6) is 5.75 Å². The first-order valence-electron chi connectivity index (χ1n) is 5.79. The van der Waals surface area contributed by atoms with Crippen molar-refractivity contribution in [2.45, 2.75) is 25.9 Å². The molecule has 1 atom stereocenters. The largest absolute Gasteiger partial charge is 0.482 e. The molecule has 0 aromatic heterocycles. The molecule has 0 saturated carbocycles. The van der Waals surface area contributed by atoms with E-state index in [1.165, 1.54) is 0 Å². The first-order chi connectivity index (χ1) is 8.16. The predicted molar refractivity (Wildman–Crippen MR) is 64.4 cm³/mol. The number of nitro groups is 1. The molecule has 5 nitrogen and oxygen atoms in total. The van der Waals surface area contributed by atoms with E-state index in [4.69, 9.17) is 4.74 Å². The molecule has 1 aliphatic heterocycles. The molecule has 1 aromatic rings. The first kappa shape index (κ1) is 11.9. The summed E-state index contributed by atoms with van der Waals surface area (Å²) in [5.74, 6) is 0.370. The quantitative estimate of drug-likeness (QED) is 0.644. The first-order valence-corrected chi connectivity index (χ1v) is 5.79. The molecule has 0 amide bonds. The molecule has 5 heteroatoms. The van der Waals surface area contributed by atoms with Crippen LogP contribution in [0.25, 0.3) is 0 Å². The topological polar surface area (TPSA) is 64.4 Å². The third kappa shape index (κ3) is 2.94. The van der Waals surface area contributed by atoms with E-state index in [0.29, 0.717) is 5.75 Å². The molecule has 1 aliphatic rings. The zero-order chi connectivity index (χ0) is 12.3. The number of hydrogen-bond donors (Lipinski definition) is 1. The number of nitrogens with one attached hydrogen (secondary N) is 1. The normalized spacial score (nSPS) is 19.9. The fraction of sp³-hybridized carbons (Fsp3) is 0.500. The van der Waals surface area contributed by atoms with Crippen LogP contribution in [0.4, 0.5) is 5.69 Å². The second-order valence-electron chi connectivity index (χ2n) is 4.31. The highest BCUT2D eigenvalue weighted by atomic mass is 16.6. The highest BCUT2D eigenvalue weighted by Gasteiger charge is 2.20.